The second-order valence-electron chi connectivity index (χ2n) is 3.96. The Balaban J connectivity index is 2.23. The Morgan fingerprint density at radius 2 is 2.14 bits per heavy atom. The Morgan fingerprint density at radius 3 is 2.64 bits per heavy atom. The Morgan fingerprint density at radius 1 is 1.43 bits per heavy atom. The van der Waals surface area contributed by atoms with E-state index in [2.05, 4.69) is 0 Å². The fourth-order valence-electron chi connectivity index (χ4n) is 1.65. The van der Waals surface area contributed by atoms with E-state index in [0.29, 0.717) is 11.1 Å². The van der Waals surface area contributed by atoms with Crippen LogP contribution in [0.1, 0.15) is 35.2 Å². The van der Waals surface area contributed by atoms with Crippen LogP contribution in [-0.2, 0) is 0 Å². The van der Waals surface area contributed by atoms with Gasteiger partial charge in [0.05, 0.1) is 0 Å². The fourth-order valence-corrected chi connectivity index (χ4v) is 1.65. The summed E-state index contributed by atoms with van der Waals surface area (Å²) in [6.45, 7) is 1.70. The van der Waals surface area contributed by atoms with Gasteiger partial charge in [0, 0.05) is 11.5 Å². The average molecular weight is 192 g/mol. The second kappa shape index (κ2) is 3.52. The van der Waals surface area contributed by atoms with E-state index < -0.39 is 0 Å². The van der Waals surface area contributed by atoms with Gasteiger partial charge in [-0.05, 0) is 31.4 Å². The molecule has 0 radical (unpaired) electrons. The average Bonchev–Trinajstić information content (AvgIpc) is 2.06. The minimum Gasteiger partial charge on any atom is -0.294 e. The Hall–Kier alpha value is -1.18. The van der Waals surface area contributed by atoms with Crippen LogP contribution < -0.4 is 0 Å². The number of Topliss-reactive ketones (excluding diaryl/α,β-unsaturated/α-hetero) is 1. The van der Waals surface area contributed by atoms with Gasteiger partial charge in [-0.2, -0.15) is 0 Å². The molecule has 0 amide bonds. The van der Waals surface area contributed by atoms with E-state index in [9.17, 15) is 9.18 Å². The van der Waals surface area contributed by atoms with Gasteiger partial charge in [0.1, 0.15) is 5.82 Å². The quantitative estimate of drug-likeness (QED) is 0.658. The normalized spacial score (nSPS) is 16.4. The molecule has 2 heteroatoms. The minimum absolute atomic E-state index is 0.107. The maximum atomic E-state index is 13.2. The first-order valence-electron chi connectivity index (χ1n) is 4.99. The number of carbonyl (C=O) groups excluding carboxylic acids is 1. The van der Waals surface area contributed by atoms with Gasteiger partial charge in [-0.3, -0.25) is 4.79 Å². The van der Waals surface area contributed by atoms with Gasteiger partial charge in [-0.25, -0.2) is 4.39 Å². The number of rotatable bonds is 2. The van der Waals surface area contributed by atoms with Crippen molar-refractivity contribution < 1.29 is 9.18 Å². The van der Waals surface area contributed by atoms with Crippen molar-refractivity contribution in [1.29, 1.82) is 0 Å². The number of benzene rings is 1. The summed E-state index contributed by atoms with van der Waals surface area (Å²) < 4.78 is 13.2. The molecule has 14 heavy (non-hydrogen) atoms. The van der Waals surface area contributed by atoms with Gasteiger partial charge in [0.15, 0.2) is 5.78 Å². The van der Waals surface area contributed by atoms with Crippen molar-refractivity contribution in [2.45, 2.75) is 26.2 Å². The van der Waals surface area contributed by atoms with Gasteiger partial charge >= 0.3 is 0 Å². The van der Waals surface area contributed by atoms with Crippen LogP contribution in [0, 0.1) is 18.7 Å². The van der Waals surface area contributed by atoms with E-state index >= 15 is 0 Å². The molecule has 0 heterocycles. The zero-order valence-corrected chi connectivity index (χ0v) is 8.22. The van der Waals surface area contributed by atoms with E-state index in [1.165, 1.54) is 6.07 Å². The summed E-state index contributed by atoms with van der Waals surface area (Å²) in [6, 6.07) is 4.75. The molecule has 0 N–H and O–H groups in total. The zero-order chi connectivity index (χ0) is 10.1. The van der Waals surface area contributed by atoms with Gasteiger partial charge in [-0.15, -0.1) is 0 Å². The molecule has 0 spiro atoms. The van der Waals surface area contributed by atoms with Crippen molar-refractivity contribution in [3.05, 3.63) is 35.1 Å². The fraction of sp³-hybridized carbons (Fsp3) is 0.417. The molecule has 1 aromatic rings. The lowest BCUT2D eigenvalue weighted by molar-refractivity contribution is 0.0855. The molecule has 0 bridgehead atoms. The molecule has 2 rings (SSSR count). The third-order valence-corrected chi connectivity index (χ3v) is 2.93. The predicted molar refractivity (Wildman–Crippen MR) is 52.8 cm³/mol. The number of aryl methyl sites for hydroxylation is 1. The van der Waals surface area contributed by atoms with Crippen LogP contribution in [0.2, 0.25) is 0 Å². The summed E-state index contributed by atoms with van der Waals surface area (Å²) in [5.41, 5.74) is 1.12. The molecule has 1 aliphatic rings. The summed E-state index contributed by atoms with van der Waals surface area (Å²) in [5, 5.41) is 0. The van der Waals surface area contributed by atoms with Crippen molar-refractivity contribution in [2.24, 2.45) is 5.92 Å². The van der Waals surface area contributed by atoms with Crippen LogP contribution in [0.4, 0.5) is 4.39 Å². The molecule has 1 aromatic carbocycles. The molecular formula is C12H13FO. The van der Waals surface area contributed by atoms with Crippen LogP contribution in [0.5, 0.6) is 0 Å². The largest absolute Gasteiger partial charge is 0.294 e. The summed E-state index contributed by atoms with van der Waals surface area (Å²) in [5.74, 6) is -0.0255. The summed E-state index contributed by atoms with van der Waals surface area (Å²) >= 11 is 0. The highest BCUT2D eigenvalue weighted by Gasteiger charge is 2.26. The Kier molecular flexibility index (Phi) is 2.36. The lowest BCUT2D eigenvalue weighted by Crippen LogP contribution is -2.22. The molecule has 0 atom stereocenters. The van der Waals surface area contributed by atoms with Gasteiger partial charge in [0.25, 0.3) is 0 Å². The van der Waals surface area contributed by atoms with Crippen molar-refractivity contribution >= 4 is 5.78 Å². The first-order chi connectivity index (χ1) is 6.68. The third-order valence-electron chi connectivity index (χ3n) is 2.93. The molecule has 1 nitrogen and oxygen atoms in total. The van der Waals surface area contributed by atoms with Crippen molar-refractivity contribution in [1.82, 2.24) is 0 Å². The molecule has 0 aromatic heterocycles. The smallest absolute Gasteiger partial charge is 0.166 e. The lowest BCUT2D eigenvalue weighted by atomic mass is 9.80. The Labute approximate surface area is 82.9 Å². The van der Waals surface area contributed by atoms with Crippen molar-refractivity contribution in [2.75, 3.05) is 0 Å². The molecule has 1 fully saturated rings. The molecule has 0 saturated heterocycles. The molecular weight excluding hydrogens is 179 g/mol. The first-order valence-corrected chi connectivity index (χ1v) is 4.99. The monoisotopic (exact) mass is 192 g/mol. The first kappa shape index (κ1) is 9.38. The molecule has 74 valence electrons. The summed E-state index contributed by atoms with van der Waals surface area (Å²) in [7, 11) is 0. The third kappa shape index (κ3) is 1.57. The lowest BCUT2D eigenvalue weighted by Gasteiger charge is -2.23. The minimum atomic E-state index is -0.282. The SMILES string of the molecule is Cc1ccc(C(=O)C2CCC2)cc1F. The number of hydrogen-bond donors (Lipinski definition) is 0. The van der Waals surface area contributed by atoms with E-state index in [1.807, 2.05) is 0 Å². The molecule has 0 aliphatic heterocycles. The maximum Gasteiger partial charge on any atom is 0.166 e. The summed E-state index contributed by atoms with van der Waals surface area (Å²) in [6.07, 6.45) is 3.06. The highest BCUT2D eigenvalue weighted by Crippen LogP contribution is 2.30. The zero-order valence-electron chi connectivity index (χ0n) is 8.22. The molecule has 1 saturated carbocycles. The van der Waals surface area contributed by atoms with Crippen LogP contribution >= 0.6 is 0 Å². The van der Waals surface area contributed by atoms with Crippen LogP contribution in [-0.4, -0.2) is 5.78 Å². The van der Waals surface area contributed by atoms with Crippen LogP contribution in [0.3, 0.4) is 0 Å². The number of halogens is 1. The predicted octanol–water partition coefficient (Wildman–Crippen LogP) is 3.12. The van der Waals surface area contributed by atoms with Gasteiger partial charge in [-0.1, -0.05) is 18.6 Å². The number of carbonyl (C=O) groups is 1. The van der Waals surface area contributed by atoms with E-state index in [1.54, 1.807) is 19.1 Å². The highest BCUT2D eigenvalue weighted by molar-refractivity contribution is 5.98. The molecule has 0 unspecified atom stereocenters. The van der Waals surface area contributed by atoms with Crippen LogP contribution in [0.25, 0.3) is 0 Å². The van der Waals surface area contributed by atoms with Gasteiger partial charge < -0.3 is 0 Å². The van der Waals surface area contributed by atoms with Crippen molar-refractivity contribution in [3.63, 3.8) is 0 Å². The van der Waals surface area contributed by atoms with E-state index in [0.717, 1.165) is 19.3 Å². The van der Waals surface area contributed by atoms with Gasteiger partial charge in [0.2, 0.25) is 0 Å². The standard InChI is InChI=1S/C12H13FO/c1-8-5-6-10(7-11(8)13)12(14)9-3-2-4-9/h5-7,9H,2-4H2,1H3. The number of ketones is 1. The highest BCUT2D eigenvalue weighted by atomic mass is 19.1. The van der Waals surface area contributed by atoms with Crippen LogP contribution in [0.15, 0.2) is 18.2 Å². The maximum absolute atomic E-state index is 13.2. The number of hydrogen-bond acceptors (Lipinski definition) is 1. The Bertz CT molecular complexity index is 367. The van der Waals surface area contributed by atoms with Crippen molar-refractivity contribution in [3.8, 4) is 0 Å². The van der Waals surface area contributed by atoms with E-state index in [-0.39, 0.29) is 17.5 Å². The second-order valence-corrected chi connectivity index (χ2v) is 3.96. The topological polar surface area (TPSA) is 17.1 Å². The van der Waals surface area contributed by atoms with E-state index in [4.69, 9.17) is 0 Å². The molecule has 1 aliphatic carbocycles. The summed E-state index contributed by atoms with van der Waals surface area (Å²) in [4.78, 5) is 11.7.